The van der Waals surface area contributed by atoms with Crippen LogP contribution in [-0.4, -0.2) is 32.2 Å². The van der Waals surface area contributed by atoms with Gasteiger partial charge in [-0.15, -0.1) is 0 Å². The zero-order valence-electron chi connectivity index (χ0n) is 15.2. The minimum absolute atomic E-state index is 0.0328. The summed E-state index contributed by atoms with van der Waals surface area (Å²) in [6.45, 7) is 9.88. The molecule has 2 N–H and O–H groups in total. The number of anilines is 4. The monoisotopic (exact) mass is 362 g/mol. The summed E-state index contributed by atoms with van der Waals surface area (Å²) in [5.74, 6) is 0.698. The second-order valence-corrected chi connectivity index (χ2v) is 7.75. The second kappa shape index (κ2) is 8.20. The average molecular weight is 362 g/mol. The van der Waals surface area contributed by atoms with E-state index in [1.165, 1.54) is 11.9 Å². The molecule has 0 fully saturated rings. The summed E-state index contributed by atoms with van der Waals surface area (Å²) in [5, 5.41) is 3.27. The zero-order chi connectivity index (χ0) is 18.4. The molecule has 0 atom stereocenters. The molecule has 7 heteroatoms. The first-order chi connectivity index (χ1) is 11.9. The summed E-state index contributed by atoms with van der Waals surface area (Å²) < 4.78 is 25.6. The first-order valence-corrected chi connectivity index (χ1v) is 10.1. The van der Waals surface area contributed by atoms with Crippen molar-refractivity contribution in [1.82, 2.24) is 4.98 Å². The van der Waals surface area contributed by atoms with Crippen molar-refractivity contribution in [2.75, 3.05) is 33.8 Å². The highest BCUT2D eigenvalue weighted by molar-refractivity contribution is 7.92. The highest BCUT2D eigenvalue weighted by atomic mass is 32.2. The quantitative estimate of drug-likeness (QED) is 0.748. The molecule has 0 aliphatic rings. The number of nitrogens with zero attached hydrogens (tertiary/aromatic N) is 2. The van der Waals surface area contributed by atoms with Gasteiger partial charge in [-0.1, -0.05) is 0 Å². The molecule has 1 aromatic heterocycles. The Morgan fingerprint density at radius 2 is 1.80 bits per heavy atom. The fraction of sp³-hybridized carbons (Fsp3) is 0.389. The van der Waals surface area contributed by atoms with Gasteiger partial charge >= 0.3 is 0 Å². The number of pyridine rings is 1. The number of hydrogen-bond acceptors (Lipinski definition) is 5. The lowest BCUT2D eigenvalue weighted by Crippen LogP contribution is -2.21. The Morgan fingerprint density at radius 3 is 2.32 bits per heavy atom. The summed E-state index contributed by atoms with van der Waals surface area (Å²) >= 11 is 0. The third-order valence-corrected chi connectivity index (χ3v) is 5.32. The predicted molar refractivity (Wildman–Crippen MR) is 105 cm³/mol. The molecule has 0 saturated carbocycles. The minimum atomic E-state index is -3.28. The third kappa shape index (κ3) is 5.09. The smallest absolute Gasteiger partial charge is 0.232 e. The van der Waals surface area contributed by atoms with E-state index >= 15 is 0 Å². The Bertz CT molecular complexity index is 800. The van der Waals surface area contributed by atoms with Gasteiger partial charge in [-0.25, -0.2) is 13.4 Å². The maximum Gasteiger partial charge on any atom is 0.232 e. The maximum absolute atomic E-state index is 11.6. The summed E-state index contributed by atoms with van der Waals surface area (Å²) in [5.41, 5.74) is 3.76. The van der Waals surface area contributed by atoms with E-state index in [1.54, 1.807) is 19.1 Å². The lowest BCUT2D eigenvalue weighted by atomic mass is 10.1. The average Bonchev–Trinajstić information content (AvgIpc) is 2.60. The SMILES string of the molecule is CCN(CC)c1ccc(Nc2ccc(NS(=O)(=O)CC)cn2)c(C)c1. The van der Waals surface area contributed by atoms with Crippen molar-refractivity contribution in [3.63, 3.8) is 0 Å². The van der Waals surface area contributed by atoms with E-state index < -0.39 is 10.0 Å². The van der Waals surface area contributed by atoms with E-state index in [0.29, 0.717) is 11.5 Å². The van der Waals surface area contributed by atoms with E-state index in [2.05, 4.69) is 52.8 Å². The van der Waals surface area contributed by atoms with E-state index in [0.717, 1.165) is 24.3 Å². The largest absolute Gasteiger partial charge is 0.372 e. The summed E-state index contributed by atoms with van der Waals surface area (Å²) in [7, 11) is -3.28. The van der Waals surface area contributed by atoms with Gasteiger partial charge in [0.1, 0.15) is 5.82 Å². The Morgan fingerprint density at radius 1 is 1.08 bits per heavy atom. The molecule has 1 aromatic carbocycles. The van der Waals surface area contributed by atoms with Gasteiger partial charge in [-0.05, 0) is 63.6 Å². The summed E-state index contributed by atoms with van der Waals surface area (Å²) in [4.78, 5) is 6.57. The van der Waals surface area contributed by atoms with Gasteiger partial charge in [0.15, 0.2) is 0 Å². The number of benzene rings is 1. The van der Waals surface area contributed by atoms with Gasteiger partial charge in [0.05, 0.1) is 17.6 Å². The van der Waals surface area contributed by atoms with Gasteiger partial charge in [0.25, 0.3) is 0 Å². The van der Waals surface area contributed by atoms with Crippen LogP contribution in [0.4, 0.5) is 22.9 Å². The third-order valence-electron chi connectivity index (χ3n) is 4.02. The van der Waals surface area contributed by atoms with Crippen molar-refractivity contribution in [3.8, 4) is 0 Å². The maximum atomic E-state index is 11.6. The molecule has 1 heterocycles. The van der Waals surface area contributed by atoms with Crippen molar-refractivity contribution in [3.05, 3.63) is 42.1 Å². The number of aromatic nitrogens is 1. The molecule has 2 aromatic rings. The lowest BCUT2D eigenvalue weighted by Gasteiger charge is -2.22. The van der Waals surface area contributed by atoms with E-state index in [9.17, 15) is 8.42 Å². The Labute approximate surface area is 150 Å². The van der Waals surface area contributed by atoms with Crippen LogP contribution in [0.2, 0.25) is 0 Å². The normalized spacial score (nSPS) is 11.2. The first-order valence-electron chi connectivity index (χ1n) is 8.47. The Balaban J connectivity index is 2.12. The fourth-order valence-corrected chi connectivity index (χ4v) is 3.12. The second-order valence-electron chi connectivity index (χ2n) is 5.73. The molecule has 6 nitrogen and oxygen atoms in total. The predicted octanol–water partition coefficient (Wildman–Crippen LogP) is 3.74. The van der Waals surface area contributed by atoms with Crippen LogP contribution in [0, 0.1) is 6.92 Å². The van der Waals surface area contributed by atoms with Gasteiger partial charge in [-0.3, -0.25) is 4.72 Å². The number of sulfonamides is 1. The molecule has 0 radical (unpaired) electrons. The van der Waals surface area contributed by atoms with Crippen LogP contribution in [0.15, 0.2) is 36.5 Å². The van der Waals surface area contributed by atoms with Crippen LogP contribution >= 0.6 is 0 Å². The van der Waals surface area contributed by atoms with Crippen LogP contribution in [0.1, 0.15) is 26.3 Å². The van der Waals surface area contributed by atoms with Crippen LogP contribution in [0.3, 0.4) is 0 Å². The molecular formula is C18H26N4O2S. The standard InChI is InChI=1S/C18H26N4O2S/c1-5-22(6-2)16-9-10-17(14(4)12-16)20-18-11-8-15(13-19-18)21-25(23,24)7-3/h8-13,21H,5-7H2,1-4H3,(H,19,20). The molecule has 0 unspecified atom stereocenters. The molecule has 0 spiro atoms. The highest BCUT2D eigenvalue weighted by Crippen LogP contribution is 2.25. The molecule has 0 bridgehead atoms. The Hall–Kier alpha value is -2.28. The highest BCUT2D eigenvalue weighted by Gasteiger charge is 2.08. The molecule has 2 rings (SSSR count). The number of aryl methyl sites for hydroxylation is 1. The topological polar surface area (TPSA) is 74.3 Å². The molecule has 0 saturated heterocycles. The van der Waals surface area contributed by atoms with Gasteiger partial charge in [-0.2, -0.15) is 0 Å². The van der Waals surface area contributed by atoms with Crippen LogP contribution in [0.25, 0.3) is 0 Å². The van der Waals surface area contributed by atoms with E-state index in [-0.39, 0.29) is 5.75 Å². The number of hydrogen-bond donors (Lipinski definition) is 2. The number of nitrogens with one attached hydrogen (secondary N) is 2. The molecule has 136 valence electrons. The van der Waals surface area contributed by atoms with Crippen molar-refractivity contribution < 1.29 is 8.42 Å². The summed E-state index contributed by atoms with van der Waals surface area (Å²) in [6.07, 6.45) is 1.51. The zero-order valence-corrected chi connectivity index (χ0v) is 16.0. The van der Waals surface area contributed by atoms with E-state index in [1.807, 2.05) is 6.07 Å². The first kappa shape index (κ1) is 19.1. The molecule has 25 heavy (non-hydrogen) atoms. The van der Waals surface area contributed by atoms with Crippen molar-refractivity contribution in [2.24, 2.45) is 0 Å². The minimum Gasteiger partial charge on any atom is -0.372 e. The lowest BCUT2D eigenvalue weighted by molar-refractivity contribution is 0.602. The summed E-state index contributed by atoms with van der Waals surface area (Å²) in [6, 6.07) is 9.73. The van der Waals surface area contributed by atoms with Gasteiger partial charge in [0.2, 0.25) is 10.0 Å². The van der Waals surface area contributed by atoms with Crippen molar-refractivity contribution in [1.29, 1.82) is 0 Å². The fourth-order valence-electron chi connectivity index (χ4n) is 2.49. The van der Waals surface area contributed by atoms with Crippen LogP contribution in [0.5, 0.6) is 0 Å². The van der Waals surface area contributed by atoms with Crippen molar-refractivity contribution in [2.45, 2.75) is 27.7 Å². The molecule has 0 amide bonds. The van der Waals surface area contributed by atoms with E-state index in [4.69, 9.17) is 0 Å². The van der Waals surface area contributed by atoms with Crippen molar-refractivity contribution >= 4 is 32.9 Å². The molecular weight excluding hydrogens is 336 g/mol. The van der Waals surface area contributed by atoms with Crippen LogP contribution in [-0.2, 0) is 10.0 Å². The van der Waals surface area contributed by atoms with Gasteiger partial charge in [0, 0.05) is 24.5 Å². The van der Waals surface area contributed by atoms with Gasteiger partial charge < -0.3 is 10.2 Å². The molecule has 0 aliphatic heterocycles. The molecule has 0 aliphatic carbocycles. The Kier molecular flexibility index (Phi) is 6.25. The number of rotatable bonds is 8. The van der Waals surface area contributed by atoms with Crippen LogP contribution < -0.4 is 14.9 Å².